The van der Waals surface area contributed by atoms with Crippen molar-refractivity contribution in [2.75, 3.05) is 6.54 Å². The highest BCUT2D eigenvalue weighted by molar-refractivity contribution is 5.94. The molecule has 1 amide bonds. The van der Waals surface area contributed by atoms with E-state index in [4.69, 9.17) is 5.73 Å². The van der Waals surface area contributed by atoms with Crippen molar-refractivity contribution in [1.29, 1.82) is 0 Å². The van der Waals surface area contributed by atoms with E-state index in [2.05, 4.69) is 11.9 Å². The molecule has 0 aliphatic heterocycles. The Morgan fingerprint density at radius 2 is 2.16 bits per heavy atom. The van der Waals surface area contributed by atoms with Gasteiger partial charge in [-0.3, -0.25) is 9.78 Å². The van der Waals surface area contributed by atoms with Crippen molar-refractivity contribution in [3.63, 3.8) is 0 Å². The van der Waals surface area contributed by atoms with Crippen LogP contribution < -0.4 is 5.73 Å². The Morgan fingerprint density at radius 1 is 1.42 bits per heavy atom. The van der Waals surface area contributed by atoms with Crippen LogP contribution in [0.5, 0.6) is 0 Å². The molecule has 1 aromatic heterocycles. The lowest BCUT2D eigenvalue weighted by molar-refractivity contribution is 0.0626. The highest BCUT2D eigenvalue weighted by atomic mass is 16.2. The molecular formula is C15H23N3O. The van der Waals surface area contributed by atoms with Gasteiger partial charge in [0, 0.05) is 31.0 Å². The SMILES string of the molecule is CCCN(C(=O)c1cccnc1)C1CCC(N)CC1. The van der Waals surface area contributed by atoms with Crippen molar-refractivity contribution < 1.29 is 4.79 Å². The van der Waals surface area contributed by atoms with Crippen LogP contribution in [0, 0.1) is 0 Å². The average molecular weight is 261 g/mol. The summed E-state index contributed by atoms with van der Waals surface area (Å²) in [4.78, 5) is 18.6. The van der Waals surface area contributed by atoms with Crippen LogP contribution in [0.25, 0.3) is 0 Å². The molecule has 0 atom stereocenters. The summed E-state index contributed by atoms with van der Waals surface area (Å²) in [5, 5.41) is 0. The van der Waals surface area contributed by atoms with E-state index < -0.39 is 0 Å². The Hall–Kier alpha value is -1.42. The molecule has 1 fully saturated rings. The predicted molar refractivity (Wildman–Crippen MR) is 75.8 cm³/mol. The number of rotatable bonds is 4. The van der Waals surface area contributed by atoms with Gasteiger partial charge in [-0.15, -0.1) is 0 Å². The molecule has 4 nitrogen and oxygen atoms in total. The van der Waals surface area contributed by atoms with E-state index in [1.54, 1.807) is 12.4 Å². The number of nitrogens with two attached hydrogens (primary N) is 1. The van der Waals surface area contributed by atoms with E-state index in [0.717, 1.165) is 38.6 Å². The number of amides is 1. The lowest BCUT2D eigenvalue weighted by Crippen LogP contribution is -2.44. The molecule has 0 saturated heterocycles. The minimum absolute atomic E-state index is 0.107. The molecule has 19 heavy (non-hydrogen) atoms. The van der Waals surface area contributed by atoms with Crippen molar-refractivity contribution in [2.45, 2.75) is 51.1 Å². The van der Waals surface area contributed by atoms with Crippen molar-refractivity contribution in [3.05, 3.63) is 30.1 Å². The van der Waals surface area contributed by atoms with Gasteiger partial charge in [0.25, 0.3) is 5.91 Å². The maximum absolute atomic E-state index is 12.6. The normalized spacial score (nSPS) is 23.1. The standard InChI is InChI=1S/C15H23N3O/c1-2-10-18(14-7-5-13(16)6-8-14)15(19)12-4-3-9-17-11-12/h3-4,9,11,13-14H,2,5-8,10,16H2,1H3. The summed E-state index contributed by atoms with van der Waals surface area (Å²) in [6.45, 7) is 2.92. The molecule has 0 bridgehead atoms. The Bertz CT molecular complexity index is 399. The summed E-state index contributed by atoms with van der Waals surface area (Å²) in [5.41, 5.74) is 6.63. The van der Waals surface area contributed by atoms with Crippen LogP contribution in [0.1, 0.15) is 49.4 Å². The molecule has 2 N–H and O–H groups in total. The number of carbonyl (C=O) groups is 1. The Labute approximate surface area is 115 Å². The highest BCUT2D eigenvalue weighted by Crippen LogP contribution is 2.23. The minimum Gasteiger partial charge on any atom is -0.336 e. The number of carbonyl (C=O) groups excluding carboxylic acids is 1. The summed E-state index contributed by atoms with van der Waals surface area (Å²) in [7, 11) is 0. The Morgan fingerprint density at radius 3 is 2.74 bits per heavy atom. The zero-order valence-electron chi connectivity index (χ0n) is 11.6. The smallest absolute Gasteiger partial charge is 0.255 e. The van der Waals surface area contributed by atoms with Gasteiger partial charge in [0.1, 0.15) is 0 Å². The maximum atomic E-state index is 12.6. The van der Waals surface area contributed by atoms with Crippen LogP contribution in [0.4, 0.5) is 0 Å². The molecule has 2 rings (SSSR count). The largest absolute Gasteiger partial charge is 0.336 e. The third kappa shape index (κ3) is 3.53. The van der Waals surface area contributed by atoms with E-state index in [-0.39, 0.29) is 5.91 Å². The molecule has 1 aliphatic carbocycles. The van der Waals surface area contributed by atoms with Crippen molar-refractivity contribution in [2.24, 2.45) is 5.73 Å². The second-order valence-electron chi connectivity index (χ2n) is 5.31. The third-order valence-electron chi connectivity index (χ3n) is 3.82. The second-order valence-corrected chi connectivity index (χ2v) is 5.31. The zero-order valence-corrected chi connectivity index (χ0v) is 11.6. The van der Waals surface area contributed by atoms with Gasteiger partial charge < -0.3 is 10.6 Å². The third-order valence-corrected chi connectivity index (χ3v) is 3.82. The summed E-state index contributed by atoms with van der Waals surface area (Å²) in [6.07, 6.45) is 8.41. The number of nitrogens with zero attached hydrogens (tertiary/aromatic N) is 2. The fraction of sp³-hybridized carbons (Fsp3) is 0.600. The zero-order chi connectivity index (χ0) is 13.7. The van der Waals surface area contributed by atoms with Crippen LogP contribution in [0.15, 0.2) is 24.5 Å². The first-order valence-electron chi connectivity index (χ1n) is 7.19. The topological polar surface area (TPSA) is 59.2 Å². The number of hydrogen-bond donors (Lipinski definition) is 1. The van der Waals surface area contributed by atoms with Gasteiger partial charge in [-0.25, -0.2) is 0 Å². The van der Waals surface area contributed by atoms with Crippen LogP contribution in [-0.4, -0.2) is 34.4 Å². The van der Waals surface area contributed by atoms with E-state index in [1.807, 2.05) is 17.0 Å². The van der Waals surface area contributed by atoms with E-state index in [1.165, 1.54) is 0 Å². The maximum Gasteiger partial charge on any atom is 0.255 e. The fourth-order valence-electron chi connectivity index (χ4n) is 2.76. The van der Waals surface area contributed by atoms with Gasteiger partial charge in [-0.05, 0) is 44.2 Å². The van der Waals surface area contributed by atoms with Crippen LogP contribution in [-0.2, 0) is 0 Å². The fourth-order valence-corrected chi connectivity index (χ4v) is 2.76. The monoisotopic (exact) mass is 261 g/mol. The lowest BCUT2D eigenvalue weighted by Gasteiger charge is -2.36. The first kappa shape index (κ1) is 14.0. The van der Waals surface area contributed by atoms with Crippen LogP contribution in [0.3, 0.4) is 0 Å². The first-order chi connectivity index (χ1) is 9.22. The molecule has 104 valence electrons. The highest BCUT2D eigenvalue weighted by Gasteiger charge is 2.27. The quantitative estimate of drug-likeness (QED) is 0.904. The van der Waals surface area contributed by atoms with Gasteiger partial charge >= 0.3 is 0 Å². The number of aromatic nitrogens is 1. The van der Waals surface area contributed by atoms with Gasteiger partial charge in [0.2, 0.25) is 0 Å². The number of pyridine rings is 1. The van der Waals surface area contributed by atoms with E-state index >= 15 is 0 Å². The average Bonchev–Trinajstić information content (AvgIpc) is 2.46. The molecule has 0 unspecified atom stereocenters. The Kier molecular flexibility index (Phi) is 4.91. The molecule has 1 aromatic rings. The lowest BCUT2D eigenvalue weighted by atomic mass is 9.90. The molecule has 0 spiro atoms. The van der Waals surface area contributed by atoms with Crippen molar-refractivity contribution in [3.8, 4) is 0 Å². The van der Waals surface area contributed by atoms with Crippen molar-refractivity contribution >= 4 is 5.91 Å². The van der Waals surface area contributed by atoms with E-state index in [9.17, 15) is 4.79 Å². The first-order valence-corrected chi connectivity index (χ1v) is 7.19. The molecule has 1 saturated carbocycles. The van der Waals surface area contributed by atoms with Crippen LogP contribution in [0.2, 0.25) is 0 Å². The van der Waals surface area contributed by atoms with Gasteiger partial charge in [-0.2, -0.15) is 0 Å². The molecule has 4 heteroatoms. The summed E-state index contributed by atoms with van der Waals surface area (Å²) in [5.74, 6) is 0.107. The molecule has 0 radical (unpaired) electrons. The molecule has 1 aliphatic rings. The Balaban J connectivity index is 2.09. The van der Waals surface area contributed by atoms with Gasteiger partial charge in [0.05, 0.1) is 5.56 Å². The van der Waals surface area contributed by atoms with E-state index in [0.29, 0.717) is 17.6 Å². The number of hydrogen-bond acceptors (Lipinski definition) is 3. The summed E-state index contributed by atoms with van der Waals surface area (Å²) < 4.78 is 0. The molecule has 0 aromatic carbocycles. The predicted octanol–water partition coefficient (Wildman–Crippen LogP) is 2.20. The minimum atomic E-state index is 0.107. The molecular weight excluding hydrogens is 238 g/mol. The summed E-state index contributed by atoms with van der Waals surface area (Å²) in [6, 6.07) is 4.31. The van der Waals surface area contributed by atoms with Crippen molar-refractivity contribution in [1.82, 2.24) is 9.88 Å². The second kappa shape index (κ2) is 6.66. The summed E-state index contributed by atoms with van der Waals surface area (Å²) >= 11 is 0. The van der Waals surface area contributed by atoms with Gasteiger partial charge in [-0.1, -0.05) is 6.92 Å². The van der Waals surface area contributed by atoms with Gasteiger partial charge in [0.15, 0.2) is 0 Å². The van der Waals surface area contributed by atoms with Crippen LogP contribution >= 0.6 is 0 Å². The molecule has 1 heterocycles.